The number of pyridine rings is 1. The van der Waals surface area contributed by atoms with Gasteiger partial charge in [0.15, 0.2) is 12.5 Å². The summed E-state index contributed by atoms with van der Waals surface area (Å²) < 4.78 is 25.2. The summed E-state index contributed by atoms with van der Waals surface area (Å²) in [5.41, 5.74) is 2.94. The minimum atomic E-state index is -4.12. The lowest BCUT2D eigenvalue weighted by molar-refractivity contribution is 0.596. The molecule has 1 aromatic heterocycles. The molecule has 0 atom stereocenters. The van der Waals surface area contributed by atoms with Crippen molar-refractivity contribution in [2.24, 2.45) is 20.4 Å². The van der Waals surface area contributed by atoms with Crippen LogP contribution in [0.5, 0.6) is 0 Å². The number of primary sulfonamides is 1. The Bertz CT molecular complexity index is 1320. The molecule has 0 spiro atoms. The van der Waals surface area contributed by atoms with Gasteiger partial charge in [0.05, 0.1) is 16.5 Å². The number of rotatable bonds is 5. The normalized spacial score (nSPS) is 13.4. The number of hydrogen-bond donors (Lipinski definition) is 1. The molecule has 0 bridgehead atoms. The third-order valence-electron chi connectivity index (χ3n) is 4.64. The Hall–Kier alpha value is -3.48. The van der Waals surface area contributed by atoms with E-state index in [1.165, 1.54) is 0 Å². The SMILES string of the molecule is N#CCCc1ccc(-c2ccnc3ccccc23)c(C2=NCN=N2)c1S(N)(=O)=O. The predicted molar refractivity (Wildman–Crippen MR) is 109 cm³/mol. The minimum absolute atomic E-state index is 0.0641. The molecule has 0 fully saturated rings. The van der Waals surface area contributed by atoms with E-state index in [2.05, 4.69) is 20.2 Å². The van der Waals surface area contributed by atoms with Gasteiger partial charge in [0.1, 0.15) is 0 Å². The average Bonchev–Trinajstić information content (AvgIpc) is 3.25. The zero-order valence-electron chi connectivity index (χ0n) is 15.3. The van der Waals surface area contributed by atoms with Crippen molar-refractivity contribution < 1.29 is 8.42 Å². The number of aryl methyl sites for hydroxylation is 1. The second-order valence-electron chi connectivity index (χ2n) is 6.42. The van der Waals surface area contributed by atoms with Gasteiger partial charge in [-0.2, -0.15) is 10.4 Å². The smallest absolute Gasteiger partial charge is 0.239 e. The number of fused-ring (bicyclic) bond motifs is 1. The summed E-state index contributed by atoms with van der Waals surface area (Å²) in [5, 5.41) is 23.3. The fourth-order valence-electron chi connectivity index (χ4n) is 3.47. The molecule has 0 radical (unpaired) electrons. The van der Waals surface area contributed by atoms with Gasteiger partial charge in [0, 0.05) is 23.6 Å². The van der Waals surface area contributed by atoms with Crippen molar-refractivity contribution >= 4 is 26.8 Å². The first-order chi connectivity index (χ1) is 14.0. The van der Waals surface area contributed by atoms with Crippen molar-refractivity contribution in [1.82, 2.24) is 4.98 Å². The standard InChI is InChI=1S/C20H16N6O2S/c21-10-3-4-13-7-8-16(14-9-11-23-17-6-2-1-5-15(14)17)18(19(13)29(22,27)28)20-24-12-25-26-20/h1-2,5-9,11H,3-4,12H2,(H2,22,27,28). The van der Waals surface area contributed by atoms with Crippen molar-refractivity contribution in [3.63, 3.8) is 0 Å². The zero-order chi connectivity index (χ0) is 20.4. The number of aromatic nitrogens is 1. The largest absolute Gasteiger partial charge is 0.256 e. The Kier molecular flexibility index (Phi) is 4.88. The van der Waals surface area contributed by atoms with Crippen molar-refractivity contribution in [3.8, 4) is 17.2 Å². The number of amidine groups is 1. The van der Waals surface area contributed by atoms with Gasteiger partial charge in [-0.1, -0.05) is 30.3 Å². The van der Waals surface area contributed by atoms with Crippen LogP contribution in [0.3, 0.4) is 0 Å². The maximum Gasteiger partial charge on any atom is 0.239 e. The summed E-state index contributed by atoms with van der Waals surface area (Å²) in [7, 11) is -4.12. The molecule has 8 nitrogen and oxygen atoms in total. The summed E-state index contributed by atoms with van der Waals surface area (Å²) in [4.78, 5) is 8.56. The molecular weight excluding hydrogens is 388 g/mol. The number of nitrogens with two attached hydrogens (primary N) is 1. The molecule has 3 aromatic rings. The molecule has 0 amide bonds. The molecule has 144 valence electrons. The number of sulfonamides is 1. The number of nitriles is 1. The molecule has 2 N–H and O–H groups in total. The highest BCUT2D eigenvalue weighted by Crippen LogP contribution is 2.36. The Morgan fingerprint density at radius 1 is 1.10 bits per heavy atom. The molecule has 29 heavy (non-hydrogen) atoms. The average molecular weight is 404 g/mol. The molecular formula is C20H16N6O2S. The number of benzene rings is 2. The maximum atomic E-state index is 12.6. The van der Waals surface area contributed by atoms with E-state index in [0.717, 1.165) is 16.5 Å². The highest BCUT2D eigenvalue weighted by atomic mass is 32.2. The van der Waals surface area contributed by atoms with E-state index in [1.807, 2.05) is 42.5 Å². The van der Waals surface area contributed by atoms with Crippen LogP contribution in [0, 0.1) is 11.3 Å². The number of azo groups is 1. The molecule has 2 aromatic carbocycles. The Morgan fingerprint density at radius 3 is 2.66 bits per heavy atom. The summed E-state index contributed by atoms with van der Waals surface area (Å²) >= 11 is 0. The first-order valence-electron chi connectivity index (χ1n) is 8.83. The first-order valence-corrected chi connectivity index (χ1v) is 10.4. The minimum Gasteiger partial charge on any atom is -0.256 e. The maximum absolute atomic E-state index is 12.6. The number of aliphatic imine (C=N–C) groups is 1. The Balaban J connectivity index is 2.10. The van der Waals surface area contributed by atoms with Crippen LogP contribution in [-0.2, 0) is 16.4 Å². The van der Waals surface area contributed by atoms with Gasteiger partial charge in [0.2, 0.25) is 10.0 Å². The third kappa shape index (κ3) is 3.51. The van der Waals surface area contributed by atoms with Crippen LogP contribution < -0.4 is 5.14 Å². The second-order valence-corrected chi connectivity index (χ2v) is 7.92. The van der Waals surface area contributed by atoms with E-state index in [4.69, 9.17) is 10.4 Å². The molecule has 1 aliphatic heterocycles. The molecule has 4 rings (SSSR count). The van der Waals surface area contributed by atoms with Gasteiger partial charge in [-0.3, -0.25) is 4.98 Å². The predicted octanol–water partition coefficient (Wildman–Crippen LogP) is 3.18. The lowest BCUT2D eigenvalue weighted by atomic mass is 9.93. The Labute approximate surface area is 167 Å². The lowest BCUT2D eigenvalue weighted by Gasteiger charge is -2.17. The van der Waals surface area contributed by atoms with E-state index in [9.17, 15) is 8.42 Å². The van der Waals surface area contributed by atoms with E-state index >= 15 is 0 Å². The van der Waals surface area contributed by atoms with Crippen LogP contribution in [0.4, 0.5) is 0 Å². The summed E-state index contributed by atoms with van der Waals surface area (Å²) in [6.07, 6.45) is 2.07. The van der Waals surface area contributed by atoms with Gasteiger partial charge in [-0.15, -0.1) is 5.11 Å². The van der Waals surface area contributed by atoms with Crippen LogP contribution in [0.2, 0.25) is 0 Å². The van der Waals surface area contributed by atoms with Crippen molar-refractivity contribution in [2.45, 2.75) is 17.7 Å². The van der Waals surface area contributed by atoms with Gasteiger partial charge in [-0.25, -0.2) is 18.5 Å². The van der Waals surface area contributed by atoms with Gasteiger partial charge in [0.25, 0.3) is 0 Å². The number of nitrogens with zero attached hydrogens (tertiary/aromatic N) is 5. The zero-order valence-corrected chi connectivity index (χ0v) is 16.1. The molecule has 9 heteroatoms. The second kappa shape index (κ2) is 7.50. The van der Waals surface area contributed by atoms with Crippen LogP contribution in [0.1, 0.15) is 17.5 Å². The number of hydrogen-bond acceptors (Lipinski definition) is 7. The van der Waals surface area contributed by atoms with Gasteiger partial charge in [-0.05, 0) is 35.2 Å². The molecule has 0 saturated heterocycles. The highest BCUT2D eigenvalue weighted by Gasteiger charge is 2.27. The summed E-state index contributed by atoms with van der Waals surface area (Å²) in [6.45, 7) is 0.123. The van der Waals surface area contributed by atoms with E-state index in [-0.39, 0.29) is 30.2 Å². The van der Waals surface area contributed by atoms with E-state index in [1.54, 1.807) is 12.3 Å². The van der Waals surface area contributed by atoms with Crippen molar-refractivity contribution in [2.75, 3.05) is 6.67 Å². The fraction of sp³-hybridized carbons (Fsp3) is 0.150. The van der Waals surface area contributed by atoms with Gasteiger partial charge >= 0.3 is 0 Å². The van der Waals surface area contributed by atoms with Crippen molar-refractivity contribution in [3.05, 3.63) is 59.8 Å². The topological polar surface area (TPSA) is 134 Å². The van der Waals surface area contributed by atoms with Gasteiger partial charge < -0.3 is 0 Å². The van der Waals surface area contributed by atoms with Crippen LogP contribution in [-0.4, -0.2) is 25.9 Å². The molecule has 0 unspecified atom stereocenters. The monoisotopic (exact) mass is 404 g/mol. The van der Waals surface area contributed by atoms with Crippen LogP contribution in [0.25, 0.3) is 22.0 Å². The van der Waals surface area contributed by atoms with E-state index in [0.29, 0.717) is 16.7 Å². The van der Waals surface area contributed by atoms with Crippen LogP contribution >= 0.6 is 0 Å². The molecule has 1 aliphatic rings. The van der Waals surface area contributed by atoms with Crippen molar-refractivity contribution in [1.29, 1.82) is 5.26 Å². The lowest BCUT2D eigenvalue weighted by Crippen LogP contribution is -2.20. The third-order valence-corrected chi connectivity index (χ3v) is 5.68. The van der Waals surface area contributed by atoms with Crippen LogP contribution in [0.15, 0.2) is 68.8 Å². The van der Waals surface area contributed by atoms with E-state index < -0.39 is 10.0 Å². The summed E-state index contributed by atoms with van der Waals surface area (Å²) in [6, 6.07) is 14.9. The fourth-order valence-corrected chi connectivity index (χ4v) is 4.49. The molecule has 0 aliphatic carbocycles. The highest BCUT2D eigenvalue weighted by molar-refractivity contribution is 7.89. The molecule has 2 heterocycles. The first kappa shape index (κ1) is 18.9. The quantitative estimate of drug-likeness (QED) is 0.699. The Morgan fingerprint density at radius 2 is 1.93 bits per heavy atom. The summed E-state index contributed by atoms with van der Waals surface area (Å²) in [5.74, 6) is 0.212. The molecule has 0 saturated carbocycles. The number of para-hydroxylation sites is 1.